The van der Waals surface area contributed by atoms with Crippen LogP contribution in [0.25, 0.3) is 22.3 Å². The number of amides is 1. The summed E-state index contributed by atoms with van der Waals surface area (Å²) in [5.41, 5.74) is 3.78. The van der Waals surface area contributed by atoms with Crippen LogP contribution in [0.1, 0.15) is 12.5 Å². The van der Waals surface area contributed by atoms with E-state index in [-0.39, 0.29) is 11.7 Å². The number of para-hydroxylation sites is 1. The lowest BCUT2D eigenvalue weighted by Gasteiger charge is -2.09. The number of carbonyl (C=O) groups is 1. The summed E-state index contributed by atoms with van der Waals surface area (Å²) >= 11 is 7.48. The van der Waals surface area contributed by atoms with Gasteiger partial charge in [0.1, 0.15) is 0 Å². The summed E-state index contributed by atoms with van der Waals surface area (Å²) in [6.45, 7) is 4.88. The lowest BCUT2D eigenvalue weighted by molar-refractivity contribution is -0.113. The van der Waals surface area contributed by atoms with Gasteiger partial charge in [0.15, 0.2) is 11.0 Å². The summed E-state index contributed by atoms with van der Waals surface area (Å²) < 4.78 is 4.14. The van der Waals surface area contributed by atoms with E-state index in [2.05, 4.69) is 45.3 Å². The molecular weight excluding hydrogens is 418 g/mol. The molecule has 0 fully saturated rings. The Kier molecular flexibility index (Phi) is 5.83. The number of carbonyl (C=O) groups excluding carboxylic acids is 1. The van der Waals surface area contributed by atoms with E-state index in [9.17, 15) is 4.79 Å². The van der Waals surface area contributed by atoms with Crippen molar-refractivity contribution in [1.29, 1.82) is 0 Å². The highest BCUT2D eigenvalue weighted by Crippen LogP contribution is 2.31. The van der Waals surface area contributed by atoms with E-state index in [0.717, 1.165) is 34.6 Å². The molecule has 0 bridgehead atoms. The third kappa shape index (κ3) is 3.82. The molecule has 4 aromatic rings. The van der Waals surface area contributed by atoms with Crippen LogP contribution in [0.5, 0.6) is 0 Å². The van der Waals surface area contributed by atoms with Gasteiger partial charge < -0.3 is 14.5 Å². The molecule has 30 heavy (non-hydrogen) atoms. The molecule has 0 saturated heterocycles. The van der Waals surface area contributed by atoms with Crippen molar-refractivity contribution in [3.8, 4) is 11.4 Å². The van der Waals surface area contributed by atoms with E-state index in [4.69, 9.17) is 11.6 Å². The van der Waals surface area contributed by atoms with Crippen LogP contribution in [0.4, 0.5) is 5.69 Å². The van der Waals surface area contributed by atoms with Crippen LogP contribution in [-0.4, -0.2) is 31.0 Å². The Morgan fingerprint density at radius 3 is 2.77 bits per heavy atom. The van der Waals surface area contributed by atoms with E-state index < -0.39 is 0 Å². The maximum atomic E-state index is 12.4. The molecular formula is C22H22ClN5OS. The number of aromatic nitrogens is 4. The molecule has 2 aromatic carbocycles. The predicted octanol–water partition coefficient (Wildman–Crippen LogP) is 5.15. The number of nitrogens with zero attached hydrogens (tertiary/aromatic N) is 4. The number of benzene rings is 2. The lowest BCUT2D eigenvalue weighted by atomic mass is 10.1. The fourth-order valence-corrected chi connectivity index (χ4v) is 4.31. The number of fused-ring (bicyclic) bond motifs is 1. The molecule has 2 heterocycles. The summed E-state index contributed by atoms with van der Waals surface area (Å²) in [4.78, 5) is 12.4. The summed E-state index contributed by atoms with van der Waals surface area (Å²) in [6, 6.07) is 13.7. The van der Waals surface area contributed by atoms with Gasteiger partial charge in [0.05, 0.1) is 5.75 Å². The third-order valence-electron chi connectivity index (χ3n) is 5.08. The van der Waals surface area contributed by atoms with E-state index >= 15 is 0 Å². The van der Waals surface area contributed by atoms with Crippen LogP contribution >= 0.6 is 23.4 Å². The molecule has 154 valence electrons. The van der Waals surface area contributed by atoms with Crippen LogP contribution in [0.3, 0.4) is 0 Å². The largest absolute Gasteiger partial charge is 0.347 e. The van der Waals surface area contributed by atoms with Crippen molar-refractivity contribution < 1.29 is 4.79 Å². The normalized spacial score (nSPS) is 11.2. The molecule has 0 spiro atoms. The molecule has 0 aliphatic heterocycles. The van der Waals surface area contributed by atoms with Crippen molar-refractivity contribution in [2.24, 2.45) is 7.05 Å². The second kappa shape index (κ2) is 8.53. The van der Waals surface area contributed by atoms with Crippen LogP contribution in [0, 0.1) is 6.92 Å². The summed E-state index contributed by atoms with van der Waals surface area (Å²) in [5, 5.41) is 14.1. The fraction of sp³-hybridized carbons (Fsp3) is 0.227. The van der Waals surface area contributed by atoms with Crippen LogP contribution in [0.15, 0.2) is 53.8 Å². The topological polar surface area (TPSA) is 64.7 Å². The minimum Gasteiger partial charge on any atom is -0.347 e. The van der Waals surface area contributed by atoms with Gasteiger partial charge in [-0.25, -0.2) is 0 Å². The maximum absolute atomic E-state index is 12.4. The number of halogens is 1. The van der Waals surface area contributed by atoms with Gasteiger partial charge in [-0.2, -0.15) is 0 Å². The molecule has 0 radical (unpaired) electrons. The number of aryl methyl sites for hydroxylation is 1. The van der Waals surface area contributed by atoms with Crippen molar-refractivity contribution in [2.45, 2.75) is 25.5 Å². The first-order valence-electron chi connectivity index (χ1n) is 9.65. The Morgan fingerprint density at radius 1 is 1.17 bits per heavy atom. The van der Waals surface area contributed by atoms with Gasteiger partial charge in [-0.15, -0.1) is 10.2 Å². The average molecular weight is 440 g/mol. The molecule has 1 amide bonds. The Morgan fingerprint density at radius 2 is 1.97 bits per heavy atom. The minimum absolute atomic E-state index is 0.113. The first kappa shape index (κ1) is 20.5. The monoisotopic (exact) mass is 439 g/mol. The van der Waals surface area contributed by atoms with Gasteiger partial charge in [-0.1, -0.05) is 47.6 Å². The van der Waals surface area contributed by atoms with Gasteiger partial charge >= 0.3 is 0 Å². The number of anilines is 1. The van der Waals surface area contributed by atoms with Gasteiger partial charge in [0.2, 0.25) is 5.91 Å². The van der Waals surface area contributed by atoms with Gasteiger partial charge in [-0.05, 0) is 37.6 Å². The van der Waals surface area contributed by atoms with Crippen LogP contribution in [-0.2, 0) is 18.4 Å². The Labute approximate surface area is 184 Å². The summed E-state index contributed by atoms with van der Waals surface area (Å²) in [6.07, 6.45) is 2.11. The van der Waals surface area contributed by atoms with Crippen LogP contribution in [0.2, 0.25) is 5.02 Å². The first-order chi connectivity index (χ1) is 14.5. The quantitative estimate of drug-likeness (QED) is 0.422. The zero-order valence-corrected chi connectivity index (χ0v) is 18.6. The Bertz CT molecular complexity index is 1230. The molecule has 1 N–H and O–H groups in total. The van der Waals surface area contributed by atoms with E-state index in [1.54, 1.807) is 6.07 Å². The Hall–Kier alpha value is -2.77. The van der Waals surface area contributed by atoms with E-state index in [0.29, 0.717) is 10.2 Å². The average Bonchev–Trinajstić information content (AvgIpc) is 3.30. The van der Waals surface area contributed by atoms with E-state index in [1.165, 1.54) is 17.3 Å². The molecule has 0 aliphatic carbocycles. The Balaban J connectivity index is 1.52. The van der Waals surface area contributed by atoms with Crippen molar-refractivity contribution in [3.63, 3.8) is 0 Å². The summed E-state index contributed by atoms with van der Waals surface area (Å²) in [5.74, 6) is 0.902. The standard InChI is InChI=1S/C22H22ClN5OS/c1-4-28-12-16(15-8-5-6-11-19(15)28)21-25-26-22(27(21)3)30-13-20(29)24-18-10-7-9-17(23)14(18)2/h5-12H,4,13H2,1-3H3,(H,24,29). The smallest absolute Gasteiger partial charge is 0.234 e. The van der Waals surface area contributed by atoms with Gasteiger partial charge in [-0.3, -0.25) is 4.79 Å². The summed E-state index contributed by atoms with van der Waals surface area (Å²) in [7, 11) is 1.93. The highest BCUT2D eigenvalue weighted by molar-refractivity contribution is 7.99. The first-order valence-corrected chi connectivity index (χ1v) is 11.0. The zero-order valence-electron chi connectivity index (χ0n) is 17.0. The van der Waals surface area contributed by atoms with E-state index in [1.807, 2.05) is 42.8 Å². The second-order valence-electron chi connectivity index (χ2n) is 6.96. The number of thioether (sulfide) groups is 1. The molecule has 4 rings (SSSR count). The highest BCUT2D eigenvalue weighted by atomic mass is 35.5. The number of hydrogen-bond acceptors (Lipinski definition) is 4. The fourth-order valence-electron chi connectivity index (χ4n) is 3.42. The number of rotatable bonds is 6. The molecule has 6 nitrogen and oxygen atoms in total. The van der Waals surface area contributed by atoms with Gasteiger partial charge in [0.25, 0.3) is 0 Å². The molecule has 0 atom stereocenters. The van der Waals surface area contributed by atoms with Crippen molar-refractivity contribution >= 4 is 45.9 Å². The third-order valence-corrected chi connectivity index (χ3v) is 6.51. The lowest BCUT2D eigenvalue weighted by Crippen LogP contribution is -2.15. The van der Waals surface area contributed by atoms with Gasteiger partial charge in [0, 0.05) is 47.0 Å². The SMILES string of the molecule is CCn1cc(-c2nnc(SCC(=O)Nc3cccc(Cl)c3C)n2C)c2ccccc21. The predicted molar refractivity (Wildman–Crippen MR) is 123 cm³/mol. The minimum atomic E-state index is -0.113. The van der Waals surface area contributed by atoms with Crippen molar-refractivity contribution in [3.05, 3.63) is 59.2 Å². The number of nitrogens with one attached hydrogen (secondary N) is 1. The molecule has 0 aliphatic rings. The number of hydrogen-bond donors (Lipinski definition) is 1. The van der Waals surface area contributed by atoms with Crippen molar-refractivity contribution in [1.82, 2.24) is 19.3 Å². The van der Waals surface area contributed by atoms with Crippen LogP contribution < -0.4 is 5.32 Å². The zero-order chi connectivity index (χ0) is 21.3. The molecule has 8 heteroatoms. The molecule has 2 aromatic heterocycles. The van der Waals surface area contributed by atoms with Crippen molar-refractivity contribution in [2.75, 3.05) is 11.1 Å². The molecule has 0 unspecified atom stereocenters. The molecule has 0 saturated carbocycles. The maximum Gasteiger partial charge on any atom is 0.234 e. The highest BCUT2D eigenvalue weighted by Gasteiger charge is 2.17. The second-order valence-corrected chi connectivity index (χ2v) is 8.31.